The maximum absolute atomic E-state index is 13.9. The van der Waals surface area contributed by atoms with E-state index in [9.17, 15) is 9.18 Å². The van der Waals surface area contributed by atoms with Crippen molar-refractivity contribution in [2.45, 2.75) is 25.3 Å². The molecular weight excluding hydrogens is 407 g/mol. The highest BCUT2D eigenvalue weighted by Crippen LogP contribution is 2.42. The van der Waals surface area contributed by atoms with Crippen molar-refractivity contribution in [1.29, 1.82) is 10.7 Å². The number of rotatable bonds is 7. The number of nitrogens with one attached hydrogen (secondary N) is 2. The molecule has 8 heteroatoms. The number of carbonyl (C=O) groups excluding carboxylic acids is 1. The van der Waals surface area contributed by atoms with Crippen LogP contribution >= 0.6 is 0 Å². The van der Waals surface area contributed by atoms with Crippen LogP contribution in [0.25, 0.3) is 6.08 Å². The number of nitriles is 1. The average molecular weight is 433 g/mol. The van der Waals surface area contributed by atoms with Crippen LogP contribution in [-0.4, -0.2) is 35.2 Å². The number of nitrogens with zero attached hydrogens (tertiary/aromatic N) is 4. The Labute approximate surface area is 186 Å². The largest absolute Gasteiger partial charge is 0.349 e. The van der Waals surface area contributed by atoms with Crippen LogP contribution in [-0.2, 0) is 4.79 Å². The van der Waals surface area contributed by atoms with Crippen molar-refractivity contribution in [1.82, 2.24) is 15.3 Å². The van der Waals surface area contributed by atoms with Crippen LogP contribution in [0.4, 0.5) is 10.3 Å². The topological polar surface area (TPSA) is 106 Å². The number of aromatic nitrogens is 2. The molecule has 7 nitrogen and oxygen atoms in total. The number of amides is 1. The predicted octanol–water partition coefficient (Wildman–Crippen LogP) is 3.49. The van der Waals surface area contributed by atoms with E-state index in [1.807, 2.05) is 6.07 Å². The second kappa shape index (κ2) is 9.27. The first-order valence-corrected chi connectivity index (χ1v) is 10.7. The normalized spacial score (nSPS) is 22.6. The van der Waals surface area contributed by atoms with Gasteiger partial charge in [-0.2, -0.15) is 5.26 Å². The fourth-order valence-corrected chi connectivity index (χ4v) is 4.94. The van der Waals surface area contributed by atoms with Gasteiger partial charge in [-0.1, -0.05) is 18.7 Å². The zero-order valence-electron chi connectivity index (χ0n) is 17.7. The molecule has 2 N–H and O–H groups in total. The average Bonchev–Trinajstić information content (AvgIpc) is 3.38. The highest BCUT2D eigenvalue weighted by Gasteiger charge is 2.44. The lowest BCUT2D eigenvalue weighted by Gasteiger charge is -2.23. The third-order valence-corrected chi connectivity index (χ3v) is 6.48. The van der Waals surface area contributed by atoms with Crippen LogP contribution < -0.4 is 10.2 Å². The van der Waals surface area contributed by atoms with Gasteiger partial charge in [-0.15, -0.1) is 0 Å². The zero-order valence-corrected chi connectivity index (χ0v) is 17.7. The standard InChI is InChI=1S/C24H25FN6O/c1-2-15-3-4-19(25)11-21(15)22(5-7-26)30-23(32)16-9-17-13-31(14-18(17)10-16)24-28-8-6-20(12-27)29-24/h2-4,6-8,11,16-18,22,26H,1,5,9-10,13-14H2,(H,30,32). The van der Waals surface area contributed by atoms with Crippen molar-refractivity contribution in [3.63, 3.8) is 0 Å². The first-order chi connectivity index (χ1) is 15.5. The van der Waals surface area contributed by atoms with Gasteiger partial charge in [0.05, 0.1) is 6.04 Å². The Morgan fingerprint density at radius 3 is 2.78 bits per heavy atom. The van der Waals surface area contributed by atoms with Crippen molar-refractivity contribution in [2.75, 3.05) is 18.0 Å². The molecule has 0 bridgehead atoms. The summed E-state index contributed by atoms with van der Waals surface area (Å²) in [7, 11) is 0. The molecule has 0 radical (unpaired) electrons. The first-order valence-electron chi connectivity index (χ1n) is 10.7. The number of carbonyl (C=O) groups is 1. The molecule has 2 fully saturated rings. The van der Waals surface area contributed by atoms with Gasteiger partial charge in [-0.3, -0.25) is 4.79 Å². The molecule has 32 heavy (non-hydrogen) atoms. The van der Waals surface area contributed by atoms with Crippen LogP contribution in [0.15, 0.2) is 37.0 Å². The van der Waals surface area contributed by atoms with E-state index in [0.717, 1.165) is 31.5 Å². The van der Waals surface area contributed by atoms with Crippen molar-refractivity contribution in [3.8, 4) is 6.07 Å². The monoisotopic (exact) mass is 432 g/mol. The number of benzene rings is 1. The Hall–Kier alpha value is -3.60. The third-order valence-electron chi connectivity index (χ3n) is 6.48. The number of halogens is 1. The van der Waals surface area contributed by atoms with Gasteiger partial charge in [-0.25, -0.2) is 14.4 Å². The van der Waals surface area contributed by atoms with E-state index in [4.69, 9.17) is 10.7 Å². The lowest BCUT2D eigenvalue weighted by Crippen LogP contribution is -2.35. The van der Waals surface area contributed by atoms with Gasteiger partial charge in [0.2, 0.25) is 11.9 Å². The minimum absolute atomic E-state index is 0.0557. The number of anilines is 1. The lowest BCUT2D eigenvalue weighted by atomic mass is 9.96. The minimum Gasteiger partial charge on any atom is -0.349 e. The van der Waals surface area contributed by atoms with E-state index >= 15 is 0 Å². The van der Waals surface area contributed by atoms with Gasteiger partial charge in [0.25, 0.3) is 0 Å². The fraction of sp³-hybridized carbons (Fsp3) is 0.375. The Kier molecular flexibility index (Phi) is 6.26. The van der Waals surface area contributed by atoms with E-state index in [0.29, 0.717) is 29.0 Å². The second-order valence-electron chi connectivity index (χ2n) is 8.43. The molecule has 1 saturated carbocycles. The summed E-state index contributed by atoms with van der Waals surface area (Å²) in [6.07, 6.45) is 6.28. The maximum Gasteiger partial charge on any atom is 0.226 e. The van der Waals surface area contributed by atoms with Crippen LogP contribution in [0.2, 0.25) is 0 Å². The SMILES string of the molecule is C=Cc1ccc(F)cc1C(CC=N)NC(=O)C1CC2CN(c3nccc(C#N)n3)CC2C1. The van der Waals surface area contributed by atoms with E-state index in [2.05, 4.69) is 26.8 Å². The van der Waals surface area contributed by atoms with Crippen LogP contribution in [0.1, 0.15) is 42.1 Å². The van der Waals surface area contributed by atoms with Crippen molar-refractivity contribution in [3.05, 3.63) is 59.7 Å². The van der Waals surface area contributed by atoms with Crippen molar-refractivity contribution >= 4 is 24.1 Å². The van der Waals surface area contributed by atoms with E-state index < -0.39 is 6.04 Å². The summed E-state index contributed by atoms with van der Waals surface area (Å²) in [5, 5.41) is 19.6. The highest BCUT2D eigenvalue weighted by atomic mass is 19.1. The maximum atomic E-state index is 13.9. The third kappa shape index (κ3) is 4.37. The molecule has 3 atom stereocenters. The summed E-state index contributed by atoms with van der Waals surface area (Å²) < 4.78 is 13.9. The summed E-state index contributed by atoms with van der Waals surface area (Å²) in [5.41, 5.74) is 1.73. The van der Waals surface area contributed by atoms with Gasteiger partial charge in [0, 0.05) is 31.6 Å². The lowest BCUT2D eigenvalue weighted by molar-refractivity contribution is -0.125. The quantitative estimate of drug-likeness (QED) is 0.652. The van der Waals surface area contributed by atoms with E-state index in [1.165, 1.54) is 18.3 Å². The van der Waals surface area contributed by atoms with Gasteiger partial charge < -0.3 is 15.6 Å². The summed E-state index contributed by atoms with van der Waals surface area (Å²) in [6, 6.07) is 7.56. The molecule has 1 amide bonds. The Balaban J connectivity index is 1.41. The Morgan fingerprint density at radius 1 is 1.38 bits per heavy atom. The Bertz CT molecular complexity index is 1070. The molecule has 1 aliphatic heterocycles. The van der Waals surface area contributed by atoms with Crippen molar-refractivity contribution < 1.29 is 9.18 Å². The van der Waals surface area contributed by atoms with Crippen LogP contribution in [0, 0.1) is 40.3 Å². The molecule has 4 rings (SSSR count). The zero-order chi connectivity index (χ0) is 22.7. The Morgan fingerprint density at radius 2 is 2.12 bits per heavy atom. The predicted molar refractivity (Wildman–Crippen MR) is 119 cm³/mol. The molecule has 2 aromatic rings. The van der Waals surface area contributed by atoms with Crippen LogP contribution in [0.5, 0.6) is 0 Å². The van der Waals surface area contributed by atoms with Gasteiger partial charge in [0.1, 0.15) is 17.6 Å². The molecule has 1 saturated heterocycles. The first kappa shape index (κ1) is 21.6. The van der Waals surface area contributed by atoms with Gasteiger partial charge in [0.15, 0.2) is 0 Å². The molecule has 0 spiro atoms. The van der Waals surface area contributed by atoms with E-state index in [-0.39, 0.29) is 24.1 Å². The molecule has 2 aliphatic rings. The smallest absolute Gasteiger partial charge is 0.226 e. The number of hydrogen-bond acceptors (Lipinski definition) is 6. The molecule has 2 heterocycles. The summed E-state index contributed by atoms with van der Waals surface area (Å²) in [6.45, 7) is 5.30. The van der Waals surface area contributed by atoms with Gasteiger partial charge in [-0.05, 0) is 60.2 Å². The van der Waals surface area contributed by atoms with Crippen molar-refractivity contribution in [2.24, 2.45) is 17.8 Å². The number of fused-ring (bicyclic) bond motifs is 1. The molecule has 164 valence electrons. The molecular formula is C24H25FN6O. The second-order valence-corrected chi connectivity index (χ2v) is 8.43. The van der Waals surface area contributed by atoms with Crippen LogP contribution in [0.3, 0.4) is 0 Å². The fourth-order valence-electron chi connectivity index (χ4n) is 4.94. The summed E-state index contributed by atoms with van der Waals surface area (Å²) in [5.74, 6) is 0.729. The molecule has 3 unspecified atom stereocenters. The molecule has 1 aromatic heterocycles. The summed E-state index contributed by atoms with van der Waals surface area (Å²) >= 11 is 0. The summed E-state index contributed by atoms with van der Waals surface area (Å²) in [4.78, 5) is 23.7. The highest BCUT2D eigenvalue weighted by molar-refractivity contribution is 5.80. The number of hydrogen-bond donors (Lipinski definition) is 2. The van der Waals surface area contributed by atoms with E-state index in [1.54, 1.807) is 24.4 Å². The molecule has 1 aromatic carbocycles. The molecule has 1 aliphatic carbocycles. The van der Waals surface area contributed by atoms with Gasteiger partial charge >= 0.3 is 0 Å². The minimum atomic E-state index is -0.470.